The first-order chi connectivity index (χ1) is 0. The monoisotopic (exact) mass is 823 g/mol. The summed E-state index contributed by atoms with van der Waals surface area (Å²) in [5, 5.41) is 0. The predicted octanol–water partition coefficient (Wildman–Crippen LogP) is 0.800. The average molecular weight is 823 g/mol. The van der Waals surface area contributed by atoms with Gasteiger partial charge in [0, 0.05) is 88.2 Å². The molecule has 9 heavy (non-hydrogen) atoms. The first kappa shape index (κ1) is 183. The summed E-state index contributed by atoms with van der Waals surface area (Å²) in [6, 6.07) is 0. The molecule has 0 atom stereocenters. The van der Waals surface area contributed by atoms with Gasteiger partial charge in [-0.1, -0.05) is 0 Å². The third kappa shape index (κ3) is 111. The molecular formula is H15N5PtTa3. The SMILES string of the molecule is N.N.N.N.N.[Pt].[Ta].[Ta].[Ta]. The van der Waals surface area contributed by atoms with Crippen molar-refractivity contribution in [1.82, 2.24) is 30.8 Å². The minimum Gasteiger partial charge on any atom is -0.344 e. The van der Waals surface area contributed by atoms with E-state index in [4.69, 9.17) is 0 Å². The minimum absolute atomic E-state index is 0. The van der Waals surface area contributed by atoms with Crippen LogP contribution in [0, 0.1) is 0 Å². The maximum absolute atomic E-state index is 0. The fraction of sp³-hybridized carbons (Fsp3) is 0. The van der Waals surface area contributed by atoms with Crippen LogP contribution in [-0.2, 0) is 88.2 Å². The van der Waals surface area contributed by atoms with Crippen LogP contribution in [0.15, 0.2) is 0 Å². The second kappa shape index (κ2) is 138. The Morgan fingerprint density at radius 3 is 0.333 bits per heavy atom. The van der Waals surface area contributed by atoms with E-state index in [1.165, 1.54) is 0 Å². The molecular weight excluding hydrogens is 808 g/mol. The predicted molar refractivity (Wildman–Crippen MR) is 25.1 cm³/mol. The van der Waals surface area contributed by atoms with E-state index in [9.17, 15) is 0 Å². The van der Waals surface area contributed by atoms with Gasteiger partial charge in [0.1, 0.15) is 0 Å². The minimum atomic E-state index is 0. The van der Waals surface area contributed by atoms with Crippen LogP contribution in [0.2, 0.25) is 0 Å². The van der Waals surface area contributed by atoms with E-state index in [-0.39, 0.29) is 119 Å². The molecule has 15 N–H and O–H groups in total. The van der Waals surface area contributed by atoms with Gasteiger partial charge in [-0.25, -0.2) is 0 Å². The van der Waals surface area contributed by atoms with Crippen molar-refractivity contribution in [3.63, 3.8) is 0 Å². The molecule has 0 fully saturated rings. The smallest absolute Gasteiger partial charge is 0 e. The molecule has 0 bridgehead atoms. The van der Waals surface area contributed by atoms with Crippen LogP contribution < -0.4 is 30.8 Å². The second-order valence-corrected chi connectivity index (χ2v) is 0. The number of hydrogen-bond donors (Lipinski definition) is 5. The number of hydrogen-bond acceptors (Lipinski definition) is 5. The van der Waals surface area contributed by atoms with Gasteiger partial charge in [0.2, 0.25) is 0 Å². The molecule has 0 aliphatic heterocycles. The average Bonchev–Trinajstić information content (AvgIpc) is 0. The Morgan fingerprint density at radius 1 is 0.333 bits per heavy atom. The maximum Gasteiger partial charge on any atom is 0 e. The van der Waals surface area contributed by atoms with Crippen LogP contribution in [0.4, 0.5) is 0 Å². The fourth-order valence-corrected chi connectivity index (χ4v) is 0. The van der Waals surface area contributed by atoms with Gasteiger partial charge in [0.25, 0.3) is 0 Å². The van der Waals surface area contributed by atoms with E-state index in [1.807, 2.05) is 0 Å². The topological polar surface area (TPSA) is 175 Å². The van der Waals surface area contributed by atoms with E-state index in [2.05, 4.69) is 0 Å². The zero-order chi connectivity index (χ0) is 0. The summed E-state index contributed by atoms with van der Waals surface area (Å²) in [7, 11) is 0. The van der Waals surface area contributed by atoms with Crippen molar-refractivity contribution >= 4 is 0 Å². The summed E-state index contributed by atoms with van der Waals surface area (Å²) >= 11 is 0. The van der Waals surface area contributed by atoms with Gasteiger partial charge < -0.3 is 30.8 Å². The standard InChI is InChI=1S/5H3N.Pt.3Ta/h5*1H3;;;;. The summed E-state index contributed by atoms with van der Waals surface area (Å²) in [6.45, 7) is 0. The molecule has 0 spiro atoms. The molecule has 0 aromatic rings. The summed E-state index contributed by atoms with van der Waals surface area (Å²) in [5.41, 5.74) is 0. The molecule has 0 rings (SSSR count). The summed E-state index contributed by atoms with van der Waals surface area (Å²) in [6.07, 6.45) is 0. The van der Waals surface area contributed by atoms with E-state index in [0.29, 0.717) is 0 Å². The van der Waals surface area contributed by atoms with Crippen molar-refractivity contribution in [2.24, 2.45) is 0 Å². The van der Waals surface area contributed by atoms with Gasteiger partial charge in [-0.3, -0.25) is 0 Å². The molecule has 0 aromatic heterocycles. The molecule has 0 aliphatic carbocycles. The van der Waals surface area contributed by atoms with Crippen molar-refractivity contribution in [3.05, 3.63) is 0 Å². The molecule has 0 saturated carbocycles. The Hall–Kier alpha value is 2.71. The molecule has 0 saturated heterocycles. The van der Waals surface area contributed by atoms with Gasteiger partial charge in [-0.15, -0.1) is 0 Å². The number of rotatable bonds is 0. The summed E-state index contributed by atoms with van der Waals surface area (Å²) < 4.78 is 0. The Labute approximate surface area is 117 Å². The van der Waals surface area contributed by atoms with Crippen LogP contribution in [0.3, 0.4) is 0 Å². The third-order valence-corrected chi connectivity index (χ3v) is 0. The first-order valence-corrected chi connectivity index (χ1v) is 0. The zero-order valence-electron chi connectivity index (χ0n) is 5.19. The van der Waals surface area contributed by atoms with Crippen LogP contribution in [0.5, 0.6) is 0 Å². The third-order valence-electron chi connectivity index (χ3n) is 0. The van der Waals surface area contributed by atoms with Gasteiger partial charge >= 0.3 is 0 Å². The van der Waals surface area contributed by atoms with Crippen LogP contribution in [0.1, 0.15) is 0 Å². The largest absolute Gasteiger partial charge is 0.344 e. The van der Waals surface area contributed by atoms with Crippen molar-refractivity contribution in [2.45, 2.75) is 0 Å². The van der Waals surface area contributed by atoms with Crippen molar-refractivity contribution < 1.29 is 88.2 Å². The molecule has 0 amide bonds. The van der Waals surface area contributed by atoms with Crippen LogP contribution in [0.25, 0.3) is 0 Å². The van der Waals surface area contributed by atoms with Crippen molar-refractivity contribution in [2.75, 3.05) is 0 Å². The Bertz CT molecular complexity index is 12.2. The Morgan fingerprint density at radius 2 is 0.333 bits per heavy atom. The van der Waals surface area contributed by atoms with E-state index in [0.717, 1.165) is 0 Å². The van der Waals surface area contributed by atoms with Crippen molar-refractivity contribution in [1.29, 1.82) is 0 Å². The molecule has 0 heterocycles. The quantitative estimate of drug-likeness (QED) is 0.243. The van der Waals surface area contributed by atoms with Gasteiger partial charge in [0.15, 0.2) is 0 Å². The van der Waals surface area contributed by atoms with Crippen LogP contribution in [-0.4, -0.2) is 0 Å². The first-order valence-electron chi connectivity index (χ1n) is 0. The maximum atomic E-state index is 0. The molecule has 9 heteroatoms. The van der Waals surface area contributed by atoms with Crippen LogP contribution >= 0.6 is 0 Å². The van der Waals surface area contributed by atoms with E-state index < -0.39 is 0 Å². The second-order valence-electron chi connectivity index (χ2n) is 0. The van der Waals surface area contributed by atoms with Gasteiger partial charge in [0.05, 0.1) is 0 Å². The molecule has 0 aromatic carbocycles. The van der Waals surface area contributed by atoms with Gasteiger partial charge in [-0.05, 0) is 0 Å². The molecule has 65 valence electrons. The Balaban J connectivity index is 0. The summed E-state index contributed by atoms with van der Waals surface area (Å²) in [4.78, 5) is 0. The summed E-state index contributed by atoms with van der Waals surface area (Å²) in [5.74, 6) is 0. The Kier molecular flexibility index (Phi) is 2800. The zero-order valence-corrected chi connectivity index (χ0v) is 17.1. The fourth-order valence-electron chi connectivity index (χ4n) is 0. The van der Waals surface area contributed by atoms with Gasteiger partial charge in [-0.2, -0.15) is 0 Å². The normalized spacial score (nSPS) is 0. The molecule has 0 unspecified atom stereocenters. The van der Waals surface area contributed by atoms with E-state index in [1.54, 1.807) is 0 Å². The molecule has 3 radical (unpaired) electrons. The van der Waals surface area contributed by atoms with Crippen molar-refractivity contribution in [3.8, 4) is 0 Å². The molecule has 5 nitrogen and oxygen atoms in total. The molecule has 0 aliphatic rings. The van der Waals surface area contributed by atoms with E-state index >= 15 is 0 Å².